The predicted molar refractivity (Wildman–Crippen MR) is 144 cm³/mol. The van der Waals surface area contributed by atoms with Crippen LogP contribution in [0, 0.1) is 0 Å². The average molecular weight is 543 g/mol. The Labute approximate surface area is 216 Å². The van der Waals surface area contributed by atoms with Gasteiger partial charge in [0.05, 0.1) is 24.6 Å². The van der Waals surface area contributed by atoms with E-state index in [1.54, 1.807) is 23.5 Å². The van der Waals surface area contributed by atoms with Gasteiger partial charge in [-0.2, -0.15) is 31.9 Å². The molecule has 10 nitrogen and oxygen atoms in total. The second-order valence-electron chi connectivity index (χ2n) is 8.50. The number of nitrogens with zero attached hydrogens (tertiary/aromatic N) is 4. The molecule has 194 valence electrons. The Morgan fingerprint density at radius 1 is 0.743 bits per heavy atom. The van der Waals surface area contributed by atoms with Crippen molar-refractivity contribution < 1.29 is 17.3 Å². The lowest BCUT2D eigenvalue weighted by molar-refractivity contribution is 0.344. The lowest BCUT2D eigenvalue weighted by Crippen LogP contribution is -2.40. The smallest absolute Gasteiger partial charge is 0.367 e. The number of rotatable bonds is 14. The van der Waals surface area contributed by atoms with Crippen LogP contribution in [0.4, 0.5) is 0 Å². The number of thioether (sulfide) groups is 2. The zero-order chi connectivity index (χ0) is 25.3. The molecule has 0 bridgehead atoms. The number of hydrogen-bond acceptors (Lipinski definition) is 10. The van der Waals surface area contributed by atoms with E-state index in [2.05, 4.69) is 29.2 Å². The summed E-state index contributed by atoms with van der Waals surface area (Å²) in [4.78, 5) is 4.12. The number of furan rings is 2. The molecule has 0 amide bonds. The summed E-state index contributed by atoms with van der Waals surface area (Å²) in [6, 6.07) is 7.98. The maximum absolute atomic E-state index is 11.9. The first-order chi connectivity index (χ1) is 16.7. The van der Waals surface area contributed by atoms with E-state index in [-0.39, 0.29) is 11.7 Å². The Bertz CT molecular complexity index is 1030. The molecule has 13 heteroatoms. The van der Waals surface area contributed by atoms with Crippen molar-refractivity contribution in [2.45, 2.75) is 24.6 Å². The Hall–Kier alpha value is -1.93. The van der Waals surface area contributed by atoms with Crippen LogP contribution in [0.15, 0.2) is 41.9 Å². The third-order valence-corrected chi connectivity index (χ3v) is 7.37. The molecule has 2 N–H and O–H groups in total. The van der Waals surface area contributed by atoms with Gasteiger partial charge in [0, 0.05) is 24.6 Å². The average Bonchev–Trinajstić information content (AvgIpc) is 3.46. The Kier molecular flexibility index (Phi) is 10.6. The first-order valence-electron chi connectivity index (χ1n) is 11.2. The fraction of sp³-hybridized carbons (Fsp3) is 0.545. The van der Waals surface area contributed by atoms with Crippen molar-refractivity contribution >= 4 is 45.4 Å². The summed E-state index contributed by atoms with van der Waals surface area (Å²) in [5.41, 5.74) is 0. The second kappa shape index (κ2) is 13.4. The van der Waals surface area contributed by atoms with Crippen LogP contribution in [-0.2, 0) is 34.8 Å². The molecule has 0 radical (unpaired) electrons. The van der Waals surface area contributed by atoms with Crippen molar-refractivity contribution in [2.75, 3.05) is 52.8 Å². The molecule has 1 aliphatic heterocycles. The number of hydrogen-bond donors (Lipinski definition) is 2. The Morgan fingerprint density at radius 2 is 1.14 bits per heavy atom. The quantitative estimate of drug-likeness (QED) is 0.345. The largest absolute Gasteiger partial charge is 0.464 e. The minimum Gasteiger partial charge on any atom is -0.464 e. The van der Waals surface area contributed by atoms with E-state index in [0.29, 0.717) is 13.1 Å². The van der Waals surface area contributed by atoms with E-state index in [9.17, 15) is 8.42 Å². The van der Waals surface area contributed by atoms with Crippen molar-refractivity contribution in [2.24, 2.45) is 8.80 Å². The number of nitrogens with one attached hydrogen (secondary N) is 2. The van der Waals surface area contributed by atoms with Gasteiger partial charge >= 0.3 is 10.2 Å². The highest BCUT2D eigenvalue weighted by Crippen LogP contribution is 2.17. The molecule has 3 rings (SSSR count). The second-order valence-corrected chi connectivity index (χ2v) is 12.0. The van der Waals surface area contributed by atoms with E-state index in [1.165, 1.54) is 0 Å². The van der Waals surface area contributed by atoms with Crippen molar-refractivity contribution in [1.29, 1.82) is 0 Å². The normalized spacial score (nSPS) is 15.0. The molecule has 0 aliphatic carbocycles. The van der Waals surface area contributed by atoms with Crippen molar-refractivity contribution in [3.63, 3.8) is 0 Å². The molecule has 2 aromatic rings. The van der Waals surface area contributed by atoms with Crippen LogP contribution >= 0.6 is 23.5 Å². The van der Waals surface area contributed by atoms with E-state index in [1.807, 2.05) is 52.5 Å². The topological polar surface area (TPSA) is 116 Å². The van der Waals surface area contributed by atoms with E-state index in [0.717, 1.165) is 59.1 Å². The van der Waals surface area contributed by atoms with Gasteiger partial charge in [0.15, 0.2) is 11.7 Å². The lowest BCUT2D eigenvalue weighted by atomic mass is 10.4. The summed E-state index contributed by atoms with van der Waals surface area (Å²) < 4.78 is 42.8. The zero-order valence-corrected chi connectivity index (χ0v) is 23.1. The van der Waals surface area contributed by atoms with Gasteiger partial charge in [-0.1, -0.05) is 0 Å². The van der Waals surface area contributed by atoms with E-state index < -0.39 is 10.2 Å². The van der Waals surface area contributed by atoms with E-state index >= 15 is 0 Å². The van der Waals surface area contributed by atoms with Gasteiger partial charge in [-0.15, -0.1) is 8.80 Å². The van der Waals surface area contributed by atoms with E-state index in [4.69, 9.17) is 8.83 Å². The fourth-order valence-electron chi connectivity index (χ4n) is 3.19. The summed E-state index contributed by atoms with van der Waals surface area (Å²) in [6.45, 7) is 2.67. The first kappa shape index (κ1) is 27.7. The van der Waals surface area contributed by atoms with Crippen molar-refractivity contribution in [3.8, 4) is 0 Å². The summed E-state index contributed by atoms with van der Waals surface area (Å²) in [7, 11) is 4.18. The van der Waals surface area contributed by atoms with Crippen LogP contribution in [0.25, 0.3) is 0 Å². The van der Waals surface area contributed by atoms with Crippen LogP contribution < -0.4 is 10.6 Å². The molecule has 2 aromatic heterocycles. The van der Waals surface area contributed by atoms with Gasteiger partial charge in [0.2, 0.25) is 0 Å². The van der Waals surface area contributed by atoms with Crippen molar-refractivity contribution in [3.05, 3.63) is 47.3 Å². The summed E-state index contributed by atoms with van der Waals surface area (Å²) in [5, 5.41) is 6.17. The van der Waals surface area contributed by atoms with Crippen LogP contribution in [0.2, 0.25) is 0 Å². The first-order valence-corrected chi connectivity index (χ1v) is 14.9. The molecule has 0 spiro atoms. The van der Waals surface area contributed by atoms with Gasteiger partial charge in [-0.25, -0.2) is 0 Å². The minimum absolute atomic E-state index is 0.265. The molecule has 0 saturated carbocycles. The third-order valence-electron chi connectivity index (χ3n) is 4.58. The summed E-state index contributed by atoms with van der Waals surface area (Å²) in [5.74, 6) is 7.31. The highest BCUT2D eigenvalue weighted by Gasteiger charge is 2.23. The van der Waals surface area contributed by atoms with Gasteiger partial charge in [-0.3, -0.25) is 0 Å². The number of amidine groups is 2. The fourth-order valence-corrected chi connectivity index (χ4v) is 5.49. The van der Waals surface area contributed by atoms with Gasteiger partial charge in [0.25, 0.3) is 0 Å². The maximum Gasteiger partial charge on any atom is 0.367 e. The highest BCUT2D eigenvalue weighted by atomic mass is 32.2. The zero-order valence-electron chi connectivity index (χ0n) is 20.6. The summed E-state index contributed by atoms with van der Waals surface area (Å²) >= 11 is 3.40. The molecule has 0 aromatic carbocycles. The molecule has 0 atom stereocenters. The highest BCUT2D eigenvalue weighted by molar-refractivity contribution is 7.98. The van der Waals surface area contributed by atoms with Crippen LogP contribution in [0.5, 0.6) is 0 Å². The molecular formula is C22H34N6O4S3. The molecular weight excluding hydrogens is 508 g/mol. The van der Waals surface area contributed by atoms with Crippen LogP contribution in [-0.4, -0.2) is 82.7 Å². The Balaban J connectivity index is 1.33. The third kappa shape index (κ3) is 9.92. The van der Waals surface area contributed by atoms with Gasteiger partial charge in [0.1, 0.15) is 23.0 Å². The molecule has 1 aliphatic rings. The van der Waals surface area contributed by atoms with Gasteiger partial charge < -0.3 is 29.3 Å². The minimum atomic E-state index is -3.83. The Morgan fingerprint density at radius 3 is 1.54 bits per heavy atom. The van der Waals surface area contributed by atoms with Crippen molar-refractivity contribution in [1.82, 2.24) is 20.4 Å². The molecule has 0 unspecified atom stereocenters. The molecule has 0 saturated heterocycles. The molecule has 0 fully saturated rings. The summed E-state index contributed by atoms with van der Waals surface area (Å²) in [6.07, 6.45) is 0. The van der Waals surface area contributed by atoms with Gasteiger partial charge in [-0.05, 0) is 52.5 Å². The monoisotopic (exact) mass is 542 g/mol. The van der Waals surface area contributed by atoms with Crippen LogP contribution in [0.1, 0.15) is 23.0 Å². The maximum atomic E-state index is 11.9. The lowest BCUT2D eigenvalue weighted by Gasteiger charge is -2.09. The van der Waals surface area contributed by atoms with Crippen LogP contribution in [0.3, 0.4) is 0 Å². The SMILES string of the molecule is CN(C)Cc1ccc(CSCCNC2=NS(=O)(=O)N=C2NCCSCc2ccc(CN(C)C)o2)o1. The predicted octanol–water partition coefficient (Wildman–Crippen LogP) is 2.40. The molecule has 3 heterocycles. The standard InChI is InChI=1S/C22H34N6O4S3/c1-27(2)13-17-5-7-19(31-17)15-33-11-9-23-21-22(26-35(29,30)25-21)24-10-12-34-16-20-8-6-18(32-20)14-28(3)4/h5-8H,9-16H2,1-4H3,(H,23,25)(H,24,26). The molecule has 35 heavy (non-hydrogen) atoms.